The van der Waals surface area contributed by atoms with E-state index < -0.39 is 6.04 Å². The van der Waals surface area contributed by atoms with Crippen LogP contribution in [0.4, 0.5) is 4.39 Å². The molecule has 0 fully saturated rings. The Morgan fingerprint density at radius 2 is 1.86 bits per heavy atom. The number of likely N-dealkylation sites (N-methyl/N-ethyl adjacent to an activating group) is 1. The second-order valence-electron chi connectivity index (χ2n) is 6.49. The summed E-state index contributed by atoms with van der Waals surface area (Å²) in [5.41, 5.74) is 1.46. The molecule has 1 N–H and O–H groups in total. The number of thioether (sulfide) groups is 1. The molecule has 0 aliphatic heterocycles. The van der Waals surface area contributed by atoms with Crippen molar-refractivity contribution >= 4 is 23.6 Å². The average Bonchev–Trinajstić information content (AvgIpc) is 2.75. The van der Waals surface area contributed by atoms with Crippen molar-refractivity contribution in [2.75, 3.05) is 19.9 Å². The third-order valence-corrected chi connectivity index (χ3v) is 5.55. The molecule has 0 bridgehead atoms. The maximum absolute atomic E-state index is 13.8. The van der Waals surface area contributed by atoms with Gasteiger partial charge in [0.25, 0.3) is 0 Å². The monoisotopic (exact) mass is 418 g/mol. The summed E-state index contributed by atoms with van der Waals surface area (Å²) in [5, 5.41) is 2.64. The number of carbonyl (C=O) groups excluding carboxylic acids is 2. The second-order valence-corrected chi connectivity index (χ2v) is 7.48. The van der Waals surface area contributed by atoms with Gasteiger partial charge in [-0.1, -0.05) is 37.3 Å². The van der Waals surface area contributed by atoms with E-state index in [0.29, 0.717) is 24.3 Å². The molecule has 0 aliphatic carbocycles. The van der Waals surface area contributed by atoms with E-state index in [4.69, 9.17) is 4.74 Å². The highest BCUT2D eigenvalue weighted by Crippen LogP contribution is 2.19. The van der Waals surface area contributed by atoms with Crippen molar-refractivity contribution in [1.29, 1.82) is 0 Å². The van der Waals surface area contributed by atoms with Gasteiger partial charge < -0.3 is 15.0 Å². The first-order chi connectivity index (χ1) is 14.0. The van der Waals surface area contributed by atoms with Crippen molar-refractivity contribution in [1.82, 2.24) is 10.2 Å². The molecule has 156 valence electrons. The van der Waals surface area contributed by atoms with Crippen molar-refractivity contribution in [2.24, 2.45) is 0 Å². The van der Waals surface area contributed by atoms with Crippen molar-refractivity contribution in [3.05, 3.63) is 65.5 Å². The maximum Gasteiger partial charge on any atom is 0.242 e. The summed E-state index contributed by atoms with van der Waals surface area (Å²) < 4.78 is 19.0. The fourth-order valence-electron chi connectivity index (χ4n) is 2.96. The number of nitrogens with zero attached hydrogens (tertiary/aromatic N) is 1. The first-order valence-electron chi connectivity index (χ1n) is 9.45. The van der Waals surface area contributed by atoms with E-state index in [2.05, 4.69) is 5.32 Å². The summed E-state index contributed by atoms with van der Waals surface area (Å²) in [6.45, 7) is 2.19. The van der Waals surface area contributed by atoms with Gasteiger partial charge in [0.05, 0.1) is 12.9 Å². The van der Waals surface area contributed by atoms with Gasteiger partial charge in [0.2, 0.25) is 11.8 Å². The summed E-state index contributed by atoms with van der Waals surface area (Å²) in [4.78, 5) is 26.9. The summed E-state index contributed by atoms with van der Waals surface area (Å²) in [7, 11) is 3.16. The molecule has 2 rings (SSSR count). The lowest BCUT2D eigenvalue weighted by Gasteiger charge is -2.30. The van der Waals surface area contributed by atoms with Crippen LogP contribution in [-0.4, -0.2) is 42.7 Å². The molecule has 0 saturated heterocycles. The molecule has 0 radical (unpaired) electrons. The van der Waals surface area contributed by atoms with Gasteiger partial charge in [0.1, 0.15) is 17.6 Å². The number of hydrogen-bond acceptors (Lipinski definition) is 4. The molecule has 2 amide bonds. The van der Waals surface area contributed by atoms with Gasteiger partial charge in [0.15, 0.2) is 0 Å². The van der Waals surface area contributed by atoms with Crippen molar-refractivity contribution < 1.29 is 18.7 Å². The zero-order valence-electron chi connectivity index (χ0n) is 17.0. The van der Waals surface area contributed by atoms with Crippen LogP contribution in [0.2, 0.25) is 0 Å². The largest absolute Gasteiger partial charge is 0.497 e. The van der Waals surface area contributed by atoms with Gasteiger partial charge >= 0.3 is 0 Å². The molecule has 29 heavy (non-hydrogen) atoms. The Balaban J connectivity index is 2.10. The van der Waals surface area contributed by atoms with Crippen LogP contribution in [0.1, 0.15) is 24.5 Å². The predicted molar refractivity (Wildman–Crippen MR) is 114 cm³/mol. The molecule has 0 aliphatic rings. The minimum Gasteiger partial charge on any atom is -0.497 e. The maximum atomic E-state index is 13.8. The lowest BCUT2D eigenvalue weighted by atomic mass is 10.1. The zero-order chi connectivity index (χ0) is 21.2. The van der Waals surface area contributed by atoms with Crippen molar-refractivity contribution in [3.63, 3.8) is 0 Å². The first-order valence-corrected chi connectivity index (χ1v) is 10.6. The van der Waals surface area contributed by atoms with Gasteiger partial charge in [-0.25, -0.2) is 4.39 Å². The van der Waals surface area contributed by atoms with E-state index in [0.717, 1.165) is 11.3 Å². The predicted octanol–water partition coefficient (Wildman–Crippen LogP) is 3.62. The van der Waals surface area contributed by atoms with Crippen LogP contribution in [0, 0.1) is 5.82 Å². The average molecular weight is 419 g/mol. The van der Waals surface area contributed by atoms with E-state index in [1.165, 1.54) is 17.8 Å². The molecule has 5 nitrogen and oxygen atoms in total. The standard InChI is InChI=1S/C22H27FN2O3S/c1-4-20(22(27)24-2)25(13-16-9-11-18(28-3)12-10-16)21(26)15-29-14-17-7-5-6-8-19(17)23/h5-12,20H,4,13-15H2,1-3H3,(H,24,27). The number of methoxy groups -OCH3 is 1. The minimum absolute atomic E-state index is 0.155. The number of halogens is 1. The van der Waals surface area contributed by atoms with E-state index in [9.17, 15) is 14.0 Å². The van der Waals surface area contributed by atoms with Crippen LogP contribution < -0.4 is 10.1 Å². The van der Waals surface area contributed by atoms with Crippen LogP contribution in [0.3, 0.4) is 0 Å². The molecule has 0 saturated carbocycles. The second kappa shape index (κ2) is 11.5. The summed E-state index contributed by atoms with van der Waals surface area (Å²) in [6.07, 6.45) is 0.500. The van der Waals surface area contributed by atoms with E-state index >= 15 is 0 Å². The normalized spacial score (nSPS) is 11.6. The summed E-state index contributed by atoms with van der Waals surface area (Å²) in [5.74, 6) is 0.652. The Hall–Kier alpha value is -2.54. The Morgan fingerprint density at radius 1 is 1.17 bits per heavy atom. The smallest absolute Gasteiger partial charge is 0.242 e. The van der Waals surface area contributed by atoms with Gasteiger partial charge in [-0.05, 0) is 35.7 Å². The lowest BCUT2D eigenvalue weighted by Crippen LogP contribution is -2.48. The van der Waals surface area contributed by atoms with E-state index in [1.807, 2.05) is 31.2 Å². The van der Waals surface area contributed by atoms with E-state index in [-0.39, 0.29) is 23.4 Å². The number of rotatable bonds is 10. The molecule has 2 aromatic carbocycles. The van der Waals surface area contributed by atoms with Gasteiger partial charge in [-0.3, -0.25) is 9.59 Å². The van der Waals surface area contributed by atoms with Crippen LogP contribution >= 0.6 is 11.8 Å². The first kappa shape index (κ1) is 22.7. The Labute approximate surface area is 175 Å². The lowest BCUT2D eigenvalue weighted by molar-refractivity contribution is -0.139. The molecule has 1 atom stereocenters. The Morgan fingerprint density at radius 3 is 2.45 bits per heavy atom. The Bertz CT molecular complexity index is 814. The number of nitrogens with one attached hydrogen (secondary N) is 1. The molecule has 2 aromatic rings. The number of carbonyl (C=O) groups is 2. The number of amides is 2. The fourth-order valence-corrected chi connectivity index (χ4v) is 3.86. The highest BCUT2D eigenvalue weighted by molar-refractivity contribution is 7.99. The van der Waals surface area contributed by atoms with Crippen LogP contribution in [-0.2, 0) is 21.9 Å². The minimum atomic E-state index is -0.566. The fraction of sp³-hybridized carbons (Fsp3) is 0.364. The topological polar surface area (TPSA) is 58.6 Å². The number of hydrogen-bond donors (Lipinski definition) is 1. The zero-order valence-corrected chi connectivity index (χ0v) is 17.8. The van der Waals surface area contributed by atoms with Crippen LogP contribution in [0.15, 0.2) is 48.5 Å². The molecule has 0 spiro atoms. The SMILES string of the molecule is CCC(C(=O)NC)N(Cc1ccc(OC)cc1)C(=O)CSCc1ccccc1F. The summed E-state index contributed by atoms with van der Waals surface area (Å²) in [6, 6.07) is 13.4. The number of ether oxygens (including phenoxy) is 1. The molecular formula is C22H27FN2O3S. The molecule has 0 heterocycles. The number of benzene rings is 2. The van der Waals surface area contributed by atoms with Gasteiger partial charge in [-0.15, -0.1) is 11.8 Å². The van der Waals surface area contributed by atoms with Gasteiger partial charge in [0, 0.05) is 19.3 Å². The highest BCUT2D eigenvalue weighted by atomic mass is 32.2. The highest BCUT2D eigenvalue weighted by Gasteiger charge is 2.27. The van der Waals surface area contributed by atoms with Crippen LogP contribution in [0.25, 0.3) is 0 Å². The van der Waals surface area contributed by atoms with Gasteiger partial charge in [-0.2, -0.15) is 0 Å². The summed E-state index contributed by atoms with van der Waals surface area (Å²) >= 11 is 1.34. The third kappa shape index (κ3) is 6.49. The molecular weight excluding hydrogens is 391 g/mol. The molecule has 7 heteroatoms. The third-order valence-electron chi connectivity index (χ3n) is 4.59. The van der Waals surface area contributed by atoms with E-state index in [1.54, 1.807) is 37.3 Å². The Kier molecular flexibility index (Phi) is 8.99. The quantitative estimate of drug-likeness (QED) is 0.640. The molecule has 0 aromatic heterocycles. The van der Waals surface area contributed by atoms with Crippen molar-refractivity contribution in [3.8, 4) is 5.75 Å². The molecule has 1 unspecified atom stereocenters. The van der Waals surface area contributed by atoms with Crippen molar-refractivity contribution in [2.45, 2.75) is 31.7 Å². The van der Waals surface area contributed by atoms with Crippen LogP contribution in [0.5, 0.6) is 5.75 Å².